The summed E-state index contributed by atoms with van der Waals surface area (Å²) in [6.45, 7) is 0. The molecule has 146 valence electrons. The molecule has 0 bridgehead atoms. The van der Waals surface area contributed by atoms with Crippen LogP contribution >= 0.6 is 0 Å². The number of halogens is 2. The van der Waals surface area contributed by atoms with Gasteiger partial charge in [-0.25, -0.2) is 8.78 Å². The summed E-state index contributed by atoms with van der Waals surface area (Å²) < 4.78 is 27.8. The lowest BCUT2D eigenvalue weighted by atomic mass is 10.0. The van der Waals surface area contributed by atoms with Gasteiger partial charge in [0.05, 0.1) is 11.2 Å². The van der Waals surface area contributed by atoms with Gasteiger partial charge in [-0.3, -0.25) is 4.79 Å². The summed E-state index contributed by atoms with van der Waals surface area (Å²) in [5.74, 6) is -1.53. The SMILES string of the molecule is O=C(NC1(c2ccccc2)CC1)C1=C2C=CC=CN2C(c2ccc(F)cc2F)N1. The minimum atomic E-state index is -0.658. The van der Waals surface area contributed by atoms with Crippen LogP contribution in [0.3, 0.4) is 0 Å². The maximum atomic E-state index is 14.4. The van der Waals surface area contributed by atoms with Gasteiger partial charge in [0, 0.05) is 17.8 Å². The van der Waals surface area contributed by atoms with E-state index in [1.807, 2.05) is 48.6 Å². The molecule has 2 heterocycles. The Labute approximate surface area is 167 Å². The van der Waals surface area contributed by atoms with Gasteiger partial charge in [-0.15, -0.1) is 0 Å². The first-order chi connectivity index (χ1) is 14.1. The molecule has 2 aromatic rings. The Balaban J connectivity index is 1.44. The van der Waals surface area contributed by atoms with E-state index in [1.54, 1.807) is 11.1 Å². The molecular formula is C23H19F2N3O. The highest BCUT2D eigenvalue weighted by Crippen LogP contribution is 2.46. The van der Waals surface area contributed by atoms with Crippen LogP contribution in [0.1, 0.15) is 30.1 Å². The standard InChI is InChI=1S/C23H19F2N3O/c24-16-9-10-17(18(25)14-16)21-26-20(19-8-4-5-13-28(19)21)22(29)27-23(11-12-23)15-6-2-1-3-7-15/h1-10,13-14,21,26H,11-12H2,(H,27,29). The summed E-state index contributed by atoms with van der Waals surface area (Å²) in [6.07, 6.45) is 8.35. The van der Waals surface area contributed by atoms with E-state index in [2.05, 4.69) is 10.6 Å². The van der Waals surface area contributed by atoms with Gasteiger partial charge in [-0.05, 0) is 42.7 Å². The fourth-order valence-electron chi connectivity index (χ4n) is 3.95. The number of amides is 1. The van der Waals surface area contributed by atoms with Crippen molar-refractivity contribution in [2.24, 2.45) is 0 Å². The van der Waals surface area contributed by atoms with Gasteiger partial charge in [0.15, 0.2) is 0 Å². The van der Waals surface area contributed by atoms with Crippen LogP contribution in [0.25, 0.3) is 0 Å². The molecule has 0 aromatic heterocycles. The van der Waals surface area contributed by atoms with Gasteiger partial charge in [0.1, 0.15) is 23.5 Å². The van der Waals surface area contributed by atoms with Crippen molar-refractivity contribution in [3.63, 3.8) is 0 Å². The van der Waals surface area contributed by atoms with Crippen molar-refractivity contribution in [2.45, 2.75) is 24.5 Å². The zero-order chi connectivity index (χ0) is 20.0. The van der Waals surface area contributed by atoms with Crippen molar-refractivity contribution < 1.29 is 13.6 Å². The van der Waals surface area contributed by atoms with E-state index in [0.29, 0.717) is 11.4 Å². The molecule has 0 radical (unpaired) electrons. The molecule has 5 rings (SSSR count). The number of nitrogens with zero attached hydrogens (tertiary/aromatic N) is 1. The number of nitrogens with one attached hydrogen (secondary N) is 2. The van der Waals surface area contributed by atoms with E-state index in [0.717, 1.165) is 24.5 Å². The Hall–Kier alpha value is -3.41. The van der Waals surface area contributed by atoms with Crippen molar-refractivity contribution in [1.29, 1.82) is 0 Å². The van der Waals surface area contributed by atoms with E-state index in [4.69, 9.17) is 0 Å². The topological polar surface area (TPSA) is 44.4 Å². The molecule has 1 fully saturated rings. The van der Waals surface area contributed by atoms with Crippen LogP contribution in [-0.4, -0.2) is 10.8 Å². The molecule has 2 aliphatic heterocycles. The molecule has 6 heteroatoms. The molecule has 0 saturated heterocycles. The summed E-state index contributed by atoms with van der Waals surface area (Å²) in [6, 6.07) is 13.4. The van der Waals surface area contributed by atoms with Gasteiger partial charge in [0.2, 0.25) is 0 Å². The molecule has 1 amide bonds. The first-order valence-electron chi connectivity index (χ1n) is 9.54. The lowest BCUT2D eigenvalue weighted by Crippen LogP contribution is -2.39. The van der Waals surface area contributed by atoms with Crippen LogP contribution in [-0.2, 0) is 10.3 Å². The van der Waals surface area contributed by atoms with E-state index < -0.39 is 17.8 Å². The maximum absolute atomic E-state index is 14.4. The monoisotopic (exact) mass is 391 g/mol. The Morgan fingerprint density at radius 1 is 1.10 bits per heavy atom. The second kappa shape index (κ2) is 6.58. The minimum Gasteiger partial charge on any atom is -0.355 e. The molecule has 2 aromatic carbocycles. The van der Waals surface area contributed by atoms with Gasteiger partial charge in [-0.1, -0.05) is 36.4 Å². The average Bonchev–Trinajstić information content (AvgIpc) is 3.41. The largest absolute Gasteiger partial charge is 0.355 e. The number of carbonyl (C=O) groups is 1. The average molecular weight is 391 g/mol. The Morgan fingerprint density at radius 2 is 1.90 bits per heavy atom. The predicted octanol–water partition coefficient (Wildman–Crippen LogP) is 3.97. The second-order valence-corrected chi connectivity index (χ2v) is 7.48. The van der Waals surface area contributed by atoms with E-state index in [-0.39, 0.29) is 17.0 Å². The molecule has 1 saturated carbocycles. The van der Waals surface area contributed by atoms with Gasteiger partial charge >= 0.3 is 0 Å². The molecule has 1 aliphatic carbocycles. The lowest BCUT2D eigenvalue weighted by Gasteiger charge is -2.26. The summed E-state index contributed by atoms with van der Waals surface area (Å²) in [5, 5.41) is 6.30. The Bertz CT molecular complexity index is 1070. The van der Waals surface area contributed by atoms with Crippen molar-refractivity contribution in [1.82, 2.24) is 15.5 Å². The van der Waals surface area contributed by atoms with Crippen LogP contribution in [0, 0.1) is 11.6 Å². The van der Waals surface area contributed by atoms with Crippen molar-refractivity contribution in [2.75, 3.05) is 0 Å². The van der Waals surface area contributed by atoms with Crippen LogP contribution in [0.2, 0.25) is 0 Å². The fourth-order valence-corrected chi connectivity index (χ4v) is 3.95. The summed E-state index contributed by atoms with van der Waals surface area (Å²) in [4.78, 5) is 15.0. The van der Waals surface area contributed by atoms with Crippen molar-refractivity contribution in [3.8, 4) is 0 Å². The zero-order valence-corrected chi connectivity index (χ0v) is 15.5. The zero-order valence-electron chi connectivity index (χ0n) is 15.5. The minimum absolute atomic E-state index is 0.240. The fraction of sp³-hybridized carbons (Fsp3) is 0.174. The normalized spacial score (nSPS) is 21.0. The van der Waals surface area contributed by atoms with Gasteiger partial charge in [-0.2, -0.15) is 0 Å². The summed E-state index contributed by atoms with van der Waals surface area (Å²) >= 11 is 0. The highest BCUT2D eigenvalue weighted by Gasteiger charge is 2.47. The smallest absolute Gasteiger partial charge is 0.270 e. The van der Waals surface area contributed by atoms with Crippen molar-refractivity contribution >= 4 is 5.91 Å². The van der Waals surface area contributed by atoms with Crippen LogP contribution < -0.4 is 10.6 Å². The summed E-state index contributed by atoms with van der Waals surface area (Å²) in [5.41, 5.74) is 2.03. The Kier molecular flexibility index (Phi) is 4.01. The number of hydrogen-bond acceptors (Lipinski definition) is 3. The molecule has 1 unspecified atom stereocenters. The number of hydrogen-bond donors (Lipinski definition) is 2. The molecule has 0 spiro atoms. The number of benzene rings is 2. The maximum Gasteiger partial charge on any atom is 0.270 e. The highest BCUT2D eigenvalue weighted by molar-refractivity contribution is 5.95. The van der Waals surface area contributed by atoms with Gasteiger partial charge < -0.3 is 15.5 Å². The first-order valence-corrected chi connectivity index (χ1v) is 9.54. The Morgan fingerprint density at radius 3 is 2.62 bits per heavy atom. The molecular weight excluding hydrogens is 372 g/mol. The lowest BCUT2D eigenvalue weighted by molar-refractivity contribution is -0.118. The predicted molar refractivity (Wildman–Crippen MR) is 105 cm³/mol. The molecule has 29 heavy (non-hydrogen) atoms. The summed E-state index contributed by atoms with van der Waals surface area (Å²) in [7, 11) is 0. The van der Waals surface area contributed by atoms with E-state index in [1.165, 1.54) is 12.1 Å². The number of carbonyl (C=O) groups excluding carboxylic acids is 1. The first kappa shape index (κ1) is 17.7. The molecule has 3 aliphatic rings. The second-order valence-electron chi connectivity index (χ2n) is 7.48. The number of fused-ring (bicyclic) bond motifs is 1. The van der Waals surface area contributed by atoms with Gasteiger partial charge in [0.25, 0.3) is 5.91 Å². The van der Waals surface area contributed by atoms with E-state index in [9.17, 15) is 13.6 Å². The third-order valence-corrected chi connectivity index (χ3v) is 5.62. The van der Waals surface area contributed by atoms with Crippen molar-refractivity contribution in [3.05, 3.63) is 107 Å². The number of rotatable bonds is 4. The third-order valence-electron chi connectivity index (χ3n) is 5.62. The van der Waals surface area contributed by atoms with Crippen LogP contribution in [0.15, 0.2) is 84.4 Å². The molecule has 4 nitrogen and oxygen atoms in total. The van der Waals surface area contributed by atoms with E-state index >= 15 is 0 Å². The molecule has 1 atom stereocenters. The molecule has 2 N–H and O–H groups in total. The van der Waals surface area contributed by atoms with Crippen LogP contribution in [0.5, 0.6) is 0 Å². The van der Waals surface area contributed by atoms with Crippen LogP contribution in [0.4, 0.5) is 8.78 Å². The highest BCUT2D eigenvalue weighted by atomic mass is 19.1. The third kappa shape index (κ3) is 3.01. The number of allylic oxidation sites excluding steroid dienone is 3. The quantitative estimate of drug-likeness (QED) is 0.829.